The Bertz CT molecular complexity index is 1410. The zero-order valence-electron chi connectivity index (χ0n) is 23.8. The van der Waals surface area contributed by atoms with Crippen molar-refractivity contribution in [2.24, 2.45) is 5.92 Å². The summed E-state index contributed by atoms with van der Waals surface area (Å²) in [5.41, 5.74) is 2.29. The van der Waals surface area contributed by atoms with Gasteiger partial charge in [0.25, 0.3) is 5.91 Å². The molecule has 2 aliphatic rings. The highest BCUT2D eigenvalue weighted by atomic mass is 28.3. The summed E-state index contributed by atoms with van der Waals surface area (Å²) in [6.45, 7) is 8.64. The lowest BCUT2D eigenvalue weighted by molar-refractivity contribution is -0.146. The zero-order chi connectivity index (χ0) is 28.7. The molecule has 8 heteroatoms. The second kappa shape index (κ2) is 10.8. The highest BCUT2D eigenvalue weighted by Gasteiger charge is 2.66. The van der Waals surface area contributed by atoms with Gasteiger partial charge in [0, 0.05) is 30.7 Å². The normalized spacial score (nSPS) is 23.9. The number of hydrogen-bond acceptors (Lipinski definition) is 5. The molecule has 4 atom stereocenters. The summed E-state index contributed by atoms with van der Waals surface area (Å²) in [6, 6.07) is 23.7. The van der Waals surface area contributed by atoms with Crippen molar-refractivity contribution in [2.75, 3.05) is 23.9 Å². The Morgan fingerprint density at radius 2 is 1.82 bits per heavy atom. The van der Waals surface area contributed by atoms with E-state index >= 15 is 0 Å². The lowest BCUT2D eigenvalue weighted by Crippen LogP contribution is -2.51. The standard InChI is InChI=1S/C32H38N2O5Si/c1-21-30(40(4,5)26-15-13-25(38-3)14-16-26)29(17-18-35)39-32(21)27-11-6-7-12-28(27)34(31(32)37)20-23-9-8-10-24(19-23)33-22(2)36/h6-16,19,21,29-30,35H,17-18,20H2,1-5H3,(H,33,36)/t21-,29+,30-,32+/m1/s1. The van der Waals surface area contributed by atoms with Crippen LogP contribution >= 0.6 is 0 Å². The number of amides is 2. The number of aliphatic hydroxyl groups is 1. The highest BCUT2D eigenvalue weighted by molar-refractivity contribution is 6.91. The van der Waals surface area contributed by atoms with Crippen molar-refractivity contribution in [1.82, 2.24) is 0 Å². The van der Waals surface area contributed by atoms with Gasteiger partial charge in [-0.3, -0.25) is 9.59 Å². The van der Waals surface area contributed by atoms with E-state index in [1.54, 1.807) is 7.11 Å². The fourth-order valence-corrected chi connectivity index (χ4v) is 11.0. The summed E-state index contributed by atoms with van der Waals surface area (Å²) in [7, 11) is -0.549. The summed E-state index contributed by atoms with van der Waals surface area (Å²) in [5.74, 6) is 0.482. The molecule has 0 bridgehead atoms. The average molecular weight is 559 g/mol. The van der Waals surface area contributed by atoms with Crippen LogP contribution in [-0.2, 0) is 26.5 Å². The first-order valence-electron chi connectivity index (χ1n) is 13.8. The van der Waals surface area contributed by atoms with E-state index < -0.39 is 13.7 Å². The molecule has 0 unspecified atom stereocenters. The maximum absolute atomic E-state index is 14.6. The Labute approximate surface area is 237 Å². The Morgan fingerprint density at radius 1 is 1.10 bits per heavy atom. The van der Waals surface area contributed by atoms with E-state index in [1.165, 1.54) is 12.1 Å². The van der Waals surface area contributed by atoms with Crippen LogP contribution in [0.2, 0.25) is 18.6 Å². The van der Waals surface area contributed by atoms with Crippen molar-refractivity contribution in [3.63, 3.8) is 0 Å². The maximum Gasteiger partial charge on any atom is 0.264 e. The largest absolute Gasteiger partial charge is 0.497 e. The number of anilines is 2. The minimum atomic E-state index is -2.21. The van der Waals surface area contributed by atoms with Crippen LogP contribution in [0.3, 0.4) is 0 Å². The van der Waals surface area contributed by atoms with Gasteiger partial charge in [-0.05, 0) is 47.9 Å². The molecule has 2 N–H and O–H groups in total. The molecule has 210 valence electrons. The van der Waals surface area contributed by atoms with E-state index in [-0.39, 0.29) is 36.0 Å². The number of rotatable bonds is 8. The molecule has 0 saturated carbocycles. The van der Waals surface area contributed by atoms with Crippen LogP contribution in [0.25, 0.3) is 0 Å². The first-order valence-corrected chi connectivity index (χ1v) is 16.9. The number of hydrogen-bond donors (Lipinski definition) is 2. The molecule has 1 saturated heterocycles. The van der Waals surface area contributed by atoms with Gasteiger partial charge in [-0.25, -0.2) is 0 Å². The first kappa shape index (κ1) is 28.1. The monoisotopic (exact) mass is 558 g/mol. The fourth-order valence-electron chi connectivity index (χ4n) is 6.96. The number of carbonyl (C=O) groups excluding carboxylic acids is 2. The van der Waals surface area contributed by atoms with Crippen LogP contribution in [0.1, 0.15) is 31.4 Å². The van der Waals surface area contributed by atoms with Gasteiger partial charge >= 0.3 is 0 Å². The second-order valence-electron chi connectivity index (χ2n) is 11.5. The van der Waals surface area contributed by atoms with Crippen LogP contribution < -0.4 is 20.1 Å². The molecule has 2 amide bonds. The predicted molar refractivity (Wildman–Crippen MR) is 160 cm³/mol. The van der Waals surface area contributed by atoms with Crippen LogP contribution in [0.4, 0.5) is 11.4 Å². The molecule has 7 nitrogen and oxygen atoms in total. The van der Waals surface area contributed by atoms with Crippen LogP contribution in [-0.4, -0.2) is 44.8 Å². The van der Waals surface area contributed by atoms with E-state index in [4.69, 9.17) is 9.47 Å². The summed E-state index contributed by atoms with van der Waals surface area (Å²) in [6.07, 6.45) is 0.209. The molecule has 1 spiro atoms. The van der Waals surface area contributed by atoms with Gasteiger partial charge in [0.2, 0.25) is 5.91 Å². The van der Waals surface area contributed by atoms with Crippen molar-refractivity contribution >= 4 is 36.4 Å². The van der Waals surface area contributed by atoms with E-state index in [2.05, 4.69) is 37.5 Å². The minimum absolute atomic E-state index is 0.00739. The Kier molecular flexibility index (Phi) is 7.61. The SMILES string of the molecule is COc1ccc([Si](C)(C)[C@H]2[C@H](CCO)O[C@@]3(C(=O)N(Cc4cccc(NC(C)=O)c4)c4ccccc43)[C@@H]2C)cc1. The summed E-state index contributed by atoms with van der Waals surface area (Å²) < 4.78 is 12.3. The number of methoxy groups -OCH3 is 1. The van der Waals surface area contributed by atoms with Gasteiger partial charge in [0.1, 0.15) is 5.75 Å². The molecule has 5 rings (SSSR count). The average Bonchev–Trinajstić information content (AvgIpc) is 3.36. The molecular formula is C32H38N2O5Si. The van der Waals surface area contributed by atoms with Gasteiger partial charge in [0.05, 0.1) is 33.5 Å². The maximum atomic E-state index is 14.6. The topological polar surface area (TPSA) is 88.1 Å². The molecule has 40 heavy (non-hydrogen) atoms. The molecule has 2 heterocycles. The third-order valence-corrected chi connectivity index (χ3v) is 13.1. The predicted octanol–water partition coefficient (Wildman–Crippen LogP) is 4.80. The van der Waals surface area contributed by atoms with Gasteiger partial charge in [-0.15, -0.1) is 0 Å². The minimum Gasteiger partial charge on any atom is -0.497 e. The third kappa shape index (κ3) is 4.64. The van der Waals surface area contributed by atoms with Crippen molar-refractivity contribution in [1.29, 1.82) is 0 Å². The number of para-hydroxylation sites is 1. The molecule has 3 aromatic carbocycles. The smallest absolute Gasteiger partial charge is 0.264 e. The summed E-state index contributed by atoms with van der Waals surface area (Å²) in [4.78, 5) is 28.0. The summed E-state index contributed by atoms with van der Waals surface area (Å²) >= 11 is 0. The summed E-state index contributed by atoms with van der Waals surface area (Å²) in [5, 5.41) is 14.1. The molecule has 3 aromatic rings. The Balaban J connectivity index is 1.55. The van der Waals surface area contributed by atoms with Crippen molar-refractivity contribution < 1.29 is 24.2 Å². The van der Waals surface area contributed by atoms with Crippen molar-refractivity contribution in [3.05, 3.63) is 83.9 Å². The van der Waals surface area contributed by atoms with Crippen molar-refractivity contribution in [3.8, 4) is 5.75 Å². The van der Waals surface area contributed by atoms with Crippen LogP contribution in [0, 0.1) is 5.92 Å². The third-order valence-electron chi connectivity index (χ3n) is 8.74. The Morgan fingerprint density at radius 3 is 2.50 bits per heavy atom. The lowest BCUT2D eigenvalue weighted by Gasteiger charge is -2.37. The van der Waals surface area contributed by atoms with E-state index in [9.17, 15) is 14.7 Å². The van der Waals surface area contributed by atoms with E-state index in [0.29, 0.717) is 18.7 Å². The van der Waals surface area contributed by atoms with E-state index in [1.807, 2.05) is 65.6 Å². The molecule has 1 fully saturated rings. The number of aliphatic hydroxyl groups excluding tert-OH is 1. The first-order chi connectivity index (χ1) is 19.1. The number of nitrogens with zero attached hydrogens (tertiary/aromatic N) is 1. The lowest BCUT2D eigenvalue weighted by atomic mass is 9.82. The molecule has 0 aromatic heterocycles. The zero-order valence-corrected chi connectivity index (χ0v) is 24.8. The van der Waals surface area contributed by atoms with Gasteiger partial charge in [-0.1, -0.05) is 67.7 Å². The molecule has 0 aliphatic carbocycles. The molecule has 0 radical (unpaired) electrons. The number of ether oxygens (including phenoxy) is 2. The number of carbonyl (C=O) groups is 2. The quantitative estimate of drug-likeness (QED) is 0.388. The molecule has 2 aliphatic heterocycles. The van der Waals surface area contributed by atoms with Gasteiger partial charge in [-0.2, -0.15) is 0 Å². The number of nitrogens with one attached hydrogen (secondary N) is 1. The fraction of sp³-hybridized carbons (Fsp3) is 0.375. The van der Waals surface area contributed by atoms with E-state index in [0.717, 1.165) is 22.6 Å². The van der Waals surface area contributed by atoms with Gasteiger partial charge in [0.15, 0.2) is 5.60 Å². The highest BCUT2D eigenvalue weighted by Crippen LogP contribution is 2.60. The number of fused-ring (bicyclic) bond motifs is 2. The number of benzene rings is 3. The Hall–Kier alpha value is -3.46. The van der Waals surface area contributed by atoms with Crippen LogP contribution in [0.15, 0.2) is 72.8 Å². The van der Waals surface area contributed by atoms with Gasteiger partial charge < -0.3 is 24.8 Å². The molecular weight excluding hydrogens is 520 g/mol. The second-order valence-corrected chi connectivity index (χ2v) is 16.1. The van der Waals surface area contributed by atoms with Crippen LogP contribution in [0.5, 0.6) is 5.75 Å². The van der Waals surface area contributed by atoms with Crippen molar-refractivity contribution in [2.45, 2.75) is 57.2 Å².